The van der Waals surface area contributed by atoms with Crippen molar-refractivity contribution in [3.05, 3.63) is 35.9 Å². The molecule has 0 spiro atoms. The second-order valence-corrected chi connectivity index (χ2v) is 3.89. The first-order chi connectivity index (χ1) is 8.81. The minimum atomic E-state index is -0.384. The number of aryl methyl sites for hydroxylation is 1. The Bertz CT molecular complexity index is 500. The number of halogens is 1. The molecule has 5 nitrogen and oxygen atoms in total. The average molecular weight is 250 g/mol. The summed E-state index contributed by atoms with van der Waals surface area (Å²) < 4.78 is 20.4. The van der Waals surface area contributed by atoms with E-state index in [2.05, 4.69) is 22.4 Å². The Hall–Kier alpha value is -1.98. The van der Waals surface area contributed by atoms with E-state index in [-0.39, 0.29) is 18.2 Å². The van der Waals surface area contributed by atoms with E-state index in [0.29, 0.717) is 5.82 Å². The van der Waals surface area contributed by atoms with Crippen LogP contribution in [0.25, 0.3) is 0 Å². The first-order valence-corrected chi connectivity index (χ1v) is 5.93. The van der Waals surface area contributed by atoms with E-state index in [1.807, 2.05) is 0 Å². The second-order valence-electron chi connectivity index (χ2n) is 3.89. The van der Waals surface area contributed by atoms with Crippen LogP contribution in [-0.2, 0) is 13.2 Å². The number of unbranched alkanes of at least 4 members (excludes halogenated alkanes) is 1. The summed E-state index contributed by atoms with van der Waals surface area (Å²) in [6.07, 6.45) is 2.06. The first kappa shape index (κ1) is 12.5. The Balaban J connectivity index is 1.98. The number of rotatable bonds is 6. The number of nitrogens with zero attached hydrogens (tertiary/aromatic N) is 4. The van der Waals surface area contributed by atoms with Crippen LogP contribution in [0.2, 0.25) is 0 Å². The van der Waals surface area contributed by atoms with Gasteiger partial charge in [-0.25, -0.2) is 9.07 Å². The molecule has 0 radical (unpaired) electrons. The van der Waals surface area contributed by atoms with Gasteiger partial charge in [0.25, 0.3) is 0 Å². The van der Waals surface area contributed by atoms with Crippen LogP contribution in [0.4, 0.5) is 4.39 Å². The summed E-state index contributed by atoms with van der Waals surface area (Å²) in [4.78, 5) is 0. The van der Waals surface area contributed by atoms with E-state index in [9.17, 15) is 4.39 Å². The van der Waals surface area contributed by atoms with E-state index in [4.69, 9.17) is 4.74 Å². The molecule has 0 aliphatic rings. The van der Waals surface area contributed by atoms with E-state index < -0.39 is 0 Å². The van der Waals surface area contributed by atoms with Crippen molar-refractivity contribution in [2.24, 2.45) is 0 Å². The van der Waals surface area contributed by atoms with Gasteiger partial charge in [-0.2, -0.15) is 0 Å². The lowest BCUT2D eigenvalue weighted by Gasteiger charge is -2.07. The maximum atomic E-state index is 13.3. The van der Waals surface area contributed by atoms with Crippen molar-refractivity contribution >= 4 is 0 Å². The minimum absolute atomic E-state index is 0.164. The lowest BCUT2D eigenvalue weighted by Crippen LogP contribution is -2.09. The van der Waals surface area contributed by atoms with Crippen LogP contribution in [0.1, 0.15) is 25.6 Å². The number of hydrogen-bond acceptors (Lipinski definition) is 4. The molecular formula is C12H15FN4O. The molecule has 0 N–H and O–H groups in total. The highest BCUT2D eigenvalue weighted by Crippen LogP contribution is 2.16. The molecule has 0 saturated carbocycles. The van der Waals surface area contributed by atoms with Crippen LogP contribution in [0, 0.1) is 5.82 Å². The third-order valence-corrected chi connectivity index (χ3v) is 2.52. The van der Waals surface area contributed by atoms with Gasteiger partial charge < -0.3 is 4.74 Å². The van der Waals surface area contributed by atoms with Crippen molar-refractivity contribution in [3.63, 3.8) is 0 Å². The predicted octanol–water partition coefficient (Wildman–Crippen LogP) is 2.19. The highest BCUT2D eigenvalue weighted by molar-refractivity contribution is 5.23. The van der Waals surface area contributed by atoms with Crippen LogP contribution in [-0.4, -0.2) is 20.2 Å². The summed E-state index contributed by atoms with van der Waals surface area (Å²) in [5, 5.41) is 11.3. The lowest BCUT2D eigenvalue weighted by molar-refractivity contribution is 0.272. The molecule has 2 rings (SSSR count). The zero-order valence-electron chi connectivity index (χ0n) is 10.2. The van der Waals surface area contributed by atoms with E-state index in [1.54, 1.807) is 22.9 Å². The molecule has 0 unspecified atom stereocenters. The summed E-state index contributed by atoms with van der Waals surface area (Å²) in [6, 6.07) is 6.27. The standard InChI is InChI=1S/C12H15FN4O/c1-2-3-8-17-12(14-15-16-17)9-18-11-7-5-4-6-10(11)13/h4-7H,2-3,8-9H2,1H3. The SMILES string of the molecule is CCCCn1nnnc1COc1ccccc1F. The highest BCUT2D eigenvalue weighted by Gasteiger charge is 2.08. The quantitative estimate of drug-likeness (QED) is 0.788. The Kier molecular flexibility index (Phi) is 4.22. The topological polar surface area (TPSA) is 52.8 Å². The van der Waals surface area contributed by atoms with Crippen molar-refractivity contribution < 1.29 is 9.13 Å². The van der Waals surface area contributed by atoms with Gasteiger partial charge in [0, 0.05) is 6.54 Å². The van der Waals surface area contributed by atoms with E-state index in [1.165, 1.54) is 6.07 Å². The zero-order chi connectivity index (χ0) is 12.8. The highest BCUT2D eigenvalue weighted by atomic mass is 19.1. The van der Waals surface area contributed by atoms with Crippen molar-refractivity contribution in [2.75, 3.05) is 0 Å². The van der Waals surface area contributed by atoms with Gasteiger partial charge in [0.2, 0.25) is 0 Å². The molecule has 1 heterocycles. The second kappa shape index (κ2) is 6.09. The van der Waals surface area contributed by atoms with Gasteiger partial charge in [0.05, 0.1) is 0 Å². The molecule has 0 aliphatic carbocycles. The Morgan fingerprint density at radius 1 is 1.33 bits per heavy atom. The van der Waals surface area contributed by atoms with Crippen molar-refractivity contribution in [1.82, 2.24) is 20.2 Å². The number of benzene rings is 1. The molecule has 96 valence electrons. The largest absolute Gasteiger partial charge is 0.482 e. The Morgan fingerprint density at radius 2 is 2.17 bits per heavy atom. The first-order valence-electron chi connectivity index (χ1n) is 5.93. The molecule has 0 amide bonds. The third kappa shape index (κ3) is 3.03. The summed E-state index contributed by atoms with van der Waals surface area (Å²) in [5.74, 6) is 0.430. The van der Waals surface area contributed by atoms with Crippen LogP contribution in [0.15, 0.2) is 24.3 Å². The number of hydrogen-bond donors (Lipinski definition) is 0. The molecule has 18 heavy (non-hydrogen) atoms. The van der Waals surface area contributed by atoms with Gasteiger partial charge in [-0.15, -0.1) is 5.10 Å². The Morgan fingerprint density at radius 3 is 2.94 bits per heavy atom. The van der Waals surface area contributed by atoms with Gasteiger partial charge in [0.15, 0.2) is 17.4 Å². The van der Waals surface area contributed by atoms with Gasteiger partial charge in [-0.1, -0.05) is 25.5 Å². The fraction of sp³-hybridized carbons (Fsp3) is 0.417. The normalized spacial score (nSPS) is 10.6. The van der Waals surface area contributed by atoms with Crippen LogP contribution >= 0.6 is 0 Å². The number of ether oxygens (including phenoxy) is 1. The molecule has 0 atom stereocenters. The van der Waals surface area contributed by atoms with Gasteiger partial charge in [-0.3, -0.25) is 0 Å². The van der Waals surface area contributed by atoms with Crippen LogP contribution < -0.4 is 4.74 Å². The fourth-order valence-electron chi connectivity index (χ4n) is 1.51. The molecule has 1 aromatic heterocycles. The molecule has 0 saturated heterocycles. The third-order valence-electron chi connectivity index (χ3n) is 2.52. The van der Waals surface area contributed by atoms with Crippen LogP contribution in [0.5, 0.6) is 5.75 Å². The average Bonchev–Trinajstić information content (AvgIpc) is 2.83. The summed E-state index contributed by atoms with van der Waals surface area (Å²) in [6.45, 7) is 3.01. The monoisotopic (exact) mass is 250 g/mol. The Labute approximate surface area is 105 Å². The van der Waals surface area contributed by atoms with Crippen molar-refractivity contribution in [1.29, 1.82) is 0 Å². The maximum Gasteiger partial charge on any atom is 0.189 e. The van der Waals surface area contributed by atoms with Gasteiger partial charge in [-0.05, 0) is 29.0 Å². The molecule has 0 fully saturated rings. The van der Waals surface area contributed by atoms with E-state index >= 15 is 0 Å². The summed E-state index contributed by atoms with van der Waals surface area (Å²) >= 11 is 0. The van der Waals surface area contributed by atoms with Crippen molar-refractivity contribution in [2.45, 2.75) is 32.9 Å². The van der Waals surface area contributed by atoms with Gasteiger partial charge >= 0.3 is 0 Å². The number of para-hydroxylation sites is 1. The van der Waals surface area contributed by atoms with Gasteiger partial charge in [0.1, 0.15) is 6.61 Å². The fourth-order valence-corrected chi connectivity index (χ4v) is 1.51. The molecule has 0 bridgehead atoms. The molecule has 2 aromatic rings. The maximum absolute atomic E-state index is 13.3. The lowest BCUT2D eigenvalue weighted by atomic mass is 10.3. The van der Waals surface area contributed by atoms with Crippen LogP contribution in [0.3, 0.4) is 0 Å². The molecular weight excluding hydrogens is 235 g/mol. The van der Waals surface area contributed by atoms with Crippen molar-refractivity contribution in [3.8, 4) is 5.75 Å². The minimum Gasteiger partial charge on any atom is -0.482 e. The molecule has 1 aromatic carbocycles. The smallest absolute Gasteiger partial charge is 0.189 e. The molecule has 0 aliphatic heterocycles. The number of tetrazole rings is 1. The predicted molar refractivity (Wildman–Crippen MR) is 63.5 cm³/mol. The summed E-state index contributed by atoms with van der Waals surface area (Å²) in [5.41, 5.74) is 0. The zero-order valence-corrected chi connectivity index (χ0v) is 10.2. The summed E-state index contributed by atoms with van der Waals surface area (Å²) in [7, 11) is 0. The van der Waals surface area contributed by atoms with E-state index in [0.717, 1.165) is 19.4 Å². The number of aromatic nitrogens is 4. The molecule has 6 heteroatoms.